The predicted octanol–water partition coefficient (Wildman–Crippen LogP) is -2.59. The topological polar surface area (TPSA) is 268 Å². The second kappa shape index (κ2) is 3.25. The Morgan fingerprint density at radius 3 is 0.824 bits per heavy atom. The van der Waals surface area contributed by atoms with Crippen molar-refractivity contribution in [1.29, 1.82) is 0 Å². The van der Waals surface area contributed by atoms with Crippen molar-refractivity contribution < 1.29 is 58.8 Å². The molecule has 0 radical (unpaired) electrons. The molecule has 0 saturated heterocycles. The number of hydrogen-bond donors (Lipinski definition) is 5. The molecule has 8 N–H and O–H groups in total. The molecule has 2 amide bonds. The SMILES string of the molecule is C[CH]=[Gd]([NH2])([NH2])([NH2])(=[CH]C)([NH]C=O)([NH]C=O)([O]C(C)=O)([O]C(C)=O)([O]C(C)=O)([O]C(C)=O)[O]C(C)=O. The first-order valence-corrected chi connectivity index (χ1v) is 22.3. The Kier molecular flexibility index (Phi) is 2.98. The Balaban J connectivity index is 11.7. The molecule has 0 saturated carbocycles. The minimum absolute atomic E-state index is 0.381. The number of nitrogens with two attached hydrogens (primary N) is 3. The molecule has 0 rings (SSSR count). The average Bonchev–Trinajstić information content (AvgIpc) is 2.52. The van der Waals surface area contributed by atoms with E-state index in [1.165, 1.54) is 0 Å². The van der Waals surface area contributed by atoms with Gasteiger partial charge in [-0.25, -0.2) is 0 Å². The van der Waals surface area contributed by atoms with Crippen LogP contribution in [0.25, 0.3) is 0 Å². The number of carbonyl (C=O) groups excluding carboxylic acids is 7. The molecular formula is C16H33GdN5O12. The molecule has 34 heavy (non-hydrogen) atoms. The summed E-state index contributed by atoms with van der Waals surface area (Å²) in [5.74, 6) is -10.3. The second-order valence-electron chi connectivity index (χ2n) is 9.35. The molecule has 0 aliphatic carbocycles. The fourth-order valence-electron chi connectivity index (χ4n) is 4.41. The predicted molar refractivity (Wildman–Crippen MR) is 113 cm³/mol. The molecule has 0 aliphatic rings. The molecule has 0 aliphatic heterocycles. The number of nitrogens with one attached hydrogen (secondary N) is 2. The maximum absolute atomic E-state index is 14.2. The van der Waals surface area contributed by atoms with Gasteiger partial charge >= 0.3 is 162 Å². The molecule has 0 fully saturated rings. The number of rotatable bonds is 9. The summed E-state index contributed by atoms with van der Waals surface area (Å²) >= 11 is -14.2. The van der Waals surface area contributed by atoms with Crippen molar-refractivity contribution in [3.05, 3.63) is 0 Å². The quantitative estimate of drug-likeness (QED) is 0.161. The van der Waals surface area contributed by atoms with Crippen LogP contribution in [0.15, 0.2) is 0 Å². The average molecular weight is 645 g/mol. The summed E-state index contributed by atoms with van der Waals surface area (Å²) in [5, 5.41) is 0. The Labute approximate surface area is 161 Å². The van der Waals surface area contributed by atoms with Crippen LogP contribution >= 0.6 is 0 Å². The molecule has 0 aromatic carbocycles. The molecule has 17 nitrogen and oxygen atoms in total. The van der Waals surface area contributed by atoms with E-state index < -0.39 is 65.5 Å². The van der Waals surface area contributed by atoms with Crippen LogP contribution in [0, 0.1) is 19.3 Å². The second-order valence-corrected chi connectivity index (χ2v) is 52.0. The Morgan fingerprint density at radius 1 is 0.559 bits per heavy atom. The van der Waals surface area contributed by atoms with Gasteiger partial charge in [0.15, 0.2) is 0 Å². The summed E-state index contributed by atoms with van der Waals surface area (Å²) in [6, 6.07) is 0. The van der Waals surface area contributed by atoms with Crippen molar-refractivity contribution in [2.75, 3.05) is 0 Å². The number of amides is 2. The molecule has 0 aromatic heterocycles. The van der Waals surface area contributed by atoms with Crippen LogP contribution in [0.4, 0.5) is 0 Å². The zero-order valence-electron chi connectivity index (χ0n) is 19.8. The molecule has 0 heterocycles. The van der Waals surface area contributed by atoms with Gasteiger partial charge in [-0.15, -0.1) is 0 Å². The fraction of sp³-hybridized carbons (Fsp3) is 0.438. The first kappa shape index (κ1) is 31.2. The third-order valence-electron chi connectivity index (χ3n) is 5.88. The van der Waals surface area contributed by atoms with Crippen LogP contribution in [0.5, 0.6) is 0 Å². The molecule has 18 heteroatoms. The minimum atomic E-state index is -14.2. The molecular weight excluding hydrogens is 611 g/mol. The number of hydrogen-bond acceptors (Lipinski definition) is 15. The molecule has 202 valence electrons. The van der Waals surface area contributed by atoms with Gasteiger partial charge in [-0.05, 0) is 0 Å². The van der Waals surface area contributed by atoms with Crippen molar-refractivity contribution in [3.8, 4) is 0 Å². The van der Waals surface area contributed by atoms with Gasteiger partial charge < -0.3 is 0 Å². The molecule has 0 spiro atoms. The van der Waals surface area contributed by atoms with Gasteiger partial charge in [-0.2, -0.15) is 0 Å². The third-order valence-corrected chi connectivity index (χ3v) is 43.6. The van der Waals surface area contributed by atoms with Crippen LogP contribution in [0.3, 0.4) is 0 Å². The zero-order chi connectivity index (χ0) is 28.0. The van der Waals surface area contributed by atoms with E-state index in [-0.39, 0.29) is 0 Å². The van der Waals surface area contributed by atoms with E-state index in [0.717, 1.165) is 3.03 Å². The summed E-state index contributed by atoms with van der Waals surface area (Å²) in [7, 11) is 0. The van der Waals surface area contributed by atoms with Crippen LogP contribution < -0.4 is 8.84 Å². The van der Waals surface area contributed by atoms with Crippen LogP contribution in [0.2, 0.25) is 0 Å². The Hall–Kier alpha value is -2.77. The Bertz CT molecular complexity index is 1590. The van der Waals surface area contributed by atoms with E-state index in [1.54, 1.807) is 0 Å². The summed E-state index contributed by atoms with van der Waals surface area (Å²) in [5.41, 5.74) is 0. The summed E-state index contributed by atoms with van der Waals surface area (Å²) in [4.78, 5) is 89.7. The molecule has 0 atom stereocenters. The molecule has 0 bridgehead atoms. The normalized spacial score (nSPS) is 23.5. The van der Waals surface area contributed by atoms with Crippen molar-refractivity contribution >= 4 is 46.2 Å². The molecule has 0 aromatic rings. The first-order valence-electron chi connectivity index (χ1n) is 8.84. The maximum atomic E-state index is 12.9. The van der Waals surface area contributed by atoms with E-state index in [0.29, 0.717) is 48.5 Å². The van der Waals surface area contributed by atoms with E-state index in [9.17, 15) is 33.6 Å². The van der Waals surface area contributed by atoms with Crippen molar-refractivity contribution in [3.63, 3.8) is 0 Å². The molecule has 0 unspecified atom stereocenters. The van der Waals surface area contributed by atoms with Gasteiger partial charge in [0.2, 0.25) is 0 Å². The Morgan fingerprint density at radius 2 is 0.735 bits per heavy atom. The van der Waals surface area contributed by atoms with Crippen molar-refractivity contribution in [2.45, 2.75) is 48.5 Å². The van der Waals surface area contributed by atoms with E-state index in [1.807, 2.05) is 0 Å². The van der Waals surface area contributed by atoms with Crippen LogP contribution in [-0.4, -0.2) is 46.2 Å². The summed E-state index contributed by atoms with van der Waals surface area (Å²) in [6.07, 6.45) is -1.62. The number of carbonyl (C=O) groups is 7. The van der Waals surface area contributed by atoms with Gasteiger partial charge in [0.1, 0.15) is 0 Å². The monoisotopic (exact) mass is 645 g/mol. The van der Waals surface area contributed by atoms with Crippen molar-refractivity contribution in [1.82, 2.24) is 3.03 Å². The van der Waals surface area contributed by atoms with E-state index in [4.69, 9.17) is 11.7 Å². The zero-order valence-corrected chi connectivity index (χ0v) is 22.1. The van der Waals surface area contributed by atoms with E-state index >= 15 is 0 Å². The van der Waals surface area contributed by atoms with Gasteiger partial charge in [-0.1, -0.05) is 0 Å². The van der Waals surface area contributed by atoms with Crippen LogP contribution in [0.1, 0.15) is 48.5 Å². The standard InChI is InChI=1S/5C2H4O2.2C2H4.2CH3NO.Gd.3H2N/c5*1-2(3)4;2*1-2;2*2-1-3;;;;/h5*1H3,(H,3,4);2*1H,2H3;2*1H,(H2,2,3);;3*1H2/q;;;;;;;;;+10;3*-1/p-7. The van der Waals surface area contributed by atoms with Gasteiger partial charge in [0.25, 0.3) is 0 Å². The van der Waals surface area contributed by atoms with E-state index in [2.05, 4.69) is 0 Å². The van der Waals surface area contributed by atoms with Gasteiger partial charge in [0.05, 0.1) is 0 Å². The van der Waals surface area contributed by atoms with Gasteiger partial charge in [0, 0.05) is 0 Å². The van der Waals surface area contributed by atoms with Crippen molar-refractivity contribution in [2.24, 2.45) is 5.80 Å². The first-order chi connectivity index (χ1) is 14.3. The van der Waals surface area contributed by atoms with Crippen LogP contribution in [-0.2, 0) is 39.4 Å². The summed E-state index contributed by atoms with van der Waals surface area (Å²) < 4.78 is 47.8. The fourth-order valence-corrected chi connectivity index (χ4v) is 32.7. The van der Waals surface area contributed by atoms with Gasteiger partial charge in [-0.3, -0.25) is 0 Å². The third kappa shape index (κ3) is 1.99. The summed E-state index contributed by atoms with van der Waals surface area (Å²) in [6.45, 7) is 2.69.